The van der Waals surface area contributed by atoms with Gasteiger partial charge >= 0.3 is 5.97 Å². The average molecular weight is 456 g/mol. The Morgan fingerprint density at radius 3 is 2.97 bits per heavy atom. The Kier molecular flexibility index (Phi) is 6.99. The number of halogens is 1. The Morgan fingerprint density at radius 2 is 2.19 bits per heavy atom. The van der Waals surface area contributed by atoms with Crippen LogP contribution in [0.2, 0.25) is 0 Å². The van der Waals surface area contributed by atoms with Crippen LogP contribution in [0.5, 0.6) is 5.75 Å². The molecule has 0 saturated heterocycles. The monoisotopic (exact) mass is 455 g/mol. The van der Waals surface area contributed by atoms with Gasteiger partial charge in [-0.25, -0.2) is 14.4 Å². The molecule has 1 aliphatic rings. The number of fused-ring (bicyclic) bond motifs is 1. The minimum atomic E-state index is -0.949. The molecular weight excluding hydrogens is 429 g/mol. The van der Waals surface area contributed by atoms with Crippen LogP contribution in [0.1, 0.15) is 51.9 Å². The molecule has 0 spiro atoms. The van der Waals surface area contributed by atoms with E-state index in [4.69, 9.17) is 9.72 Å². The molecule has 2 aromatic heterocycles. The number of aromatic nitrogens is 2. The zero-order valence-electron chi connectivity index (χ0n) is 17.9. The third kappa shape index (κ3) is 5.24. The number of nitrogens with one attached hydrogen (secondary N) is 1. The maximum absolute atomic E-state index is 14.2. The number of rotatable bonds is 9. The van der Waals surface area contributed by atoms with Crippen LogP contribution in [-0.2, 0) is 24.1 Å². The first-order chi connectivity index (χ1) is 15.5. The minimum absolute atomic E-state index is 0.133. The Bertz CT molecular complexity index is 1100. The summed E-state index contributed by atoms with van der Waals surface area (Å²) in [5.41, 5.74) is 2.93. The van der Waals surface area contributed by atoms with Gasteiger partial charge in [-0.1, -0.05) is 12.1 Å². The van der Waals surface area contributed by atoms with Gasteiger partial charge in [0.25, 0.3) is 0 Å². The number of methoxy groups -OCH3 is 1. The molecule has 8 heteroatoms. The van der Waals surface area contributed by atoms with Gasteiger partial charge in [0.1, 0.15) is 10.8 Å². The molecule has 6 nitrogen and oxygen atoms in total. The summed E-state index contributed by atoms with van der Waals surface area (Å²) in [6, 6.07) is 8.83. The Hall–Kier alpha value is -3.00. The number of thiazole rings is 1. The lowest BCUT2D eigenvalue weighted by atomic mass is 9.96. The van der Waals surface area contributed by atoms with Crippen LogP contribution in [0.3, 0.4) is 0 Å². The molecule has 1 atom stereocenters. The highest BCUT2D eigenvalue weighted by Gasteiger charge is 2.23. The van der Waals surface area contributed by atoms with Crippen LogP contribution < -0.4 is 10.1 Å². The third-order valence-corrected chi connectivity index (χ3v) is 6.81. The van der Waals surface area contributed by atoms with Crippen molar-refractivity contribution in [2.24, 2.45) is 0 Å². The van der Waals surface area contributed by atoms with Gasteiger partial charge < -0.3 is 15.2 Å². The molecule has 4 rings (SSSR count). The van der Waals surface area contributed by atoms with E-state index in [1.807, 2.05) is 0 Å². The number of carboxylic acids is 1. The predicted molar refractivity (Wildman–Crippen MR) is 122 cm³/mol. The molecular formula is C24H26FN3O3S. The summed E-state index contributed by atoms with van der Waals surface area (Å²) in [4.78, 5) is 21.7. The number of aryl methyl sites for hydroxylation is 3. The fraction of sp³-hybridized carbons (Fsp3) is 0.375. The van der Waals surface area contributed by atoms with Crippen molar-refractivity contribution in [3.8, 4) is 5.75 Å². The van der Waals surface area contributed by atoms with E-state index in [0.717, 1.165) is 55.0 Å². The van der Waals surface area contributed by atoms with Crippen molar-refractivity contribution in [1.82, 2.24) is 9.97 Å². The van der Waals surface area contributed by atoms with Gasteiger partial charge in [0.05, 0.1) is 13.5 Å². The first-order valence-corrected chi connectivity index (χ1v) is 11.6. The molecule has 168 valence electrons. The standard InChI is InChI=1S/C24H26FN3O3S/c1-31-21-10-8-16(12-20(21)25)19(13-22(29)30)24-27-14-18(32-24)6-2-5-17-9-7-15-4-3-11-26-23(15)28-17/h7-10,12,14,19H,2-6,11,13H2,1H3,(H,26,28)(H,29,30)/t19-/m0/s1. The number of hydrogen-bond acceptors (Lipinski definition) is 6. The number of ether oxygens (including phenoxy) is 1. The van der Waals surface area contributed by atoms with E-state index in [9.17, 15) is 14.3 Å². The molecule has 3 aromatic rings. The summed E-state index contributed by atoms with van der Waals surface area (Å²) in [6.45, 7) is 0.975. The Balaban J connectivity index is 1.42. The highest BCUT2D eigenvalue weighted by molar-refractivity contribution is 7.11. The number of carboxylic acid groups (broad SMARTS) is 1. The van der Waals surface area contributed by atoms with Crippen molar-refractivity contribution in [1.29, 1.82) is 0 Å². The average Bonchev–Trinajstić information content (AvgIpc) is 3.26. The van der Waals surface area contributed by atoms with Gasteiger partial charge in [0.15, 0.2) is 11.6 Å². The highest BCUT2D eigenvalue weighted by Crippen LogP contribution is 2.33. The first kappa shape index (κ1) is 22.2. The van der Waals surface area contributed by atoms with Gasteiger partial charge in [-0.3, -0.25) is 4.79 Å². The van der Waals surface area contributed by atoms with Crippen LogP contribution in [0.4, 0.5) is 10.2 Å². The molecule has 32 heavy (non-hydrogen) atoms. The first-order valence-electron chi connectivity index (χ1n) is 10.8. The summed E-state index contributed by atoms with van der Waals surface area (Å²) < 4.78 is 19.2. The number of benzene rings is 1. The van der Waals surface area contributed by atoms with Crippen molar-refractivity contribution in [2.75, 3.05) is 19.0 Å². The molecule has 0 aliphatic carbocycles. The smallest absolute Gasteiger partial charge is 0.304 e. The number of hydrogen-bond donors (Lipinski definition) is 2. The highest BCUT2D eigenvalue weighted by atomic mass is 32.1. The van der Waals surface area contributed by atoms with Crippen molar-refractivity contribution < 1.29 is 19.0 Å². The molecule has 0 fully saturated rings. The summed E-state index contributed by atoms with van der Waals surface area (Å²) in [5.74, 6) is -0.815. The van der Waals surface area contributed by atoms with Crippen molar-refractivity contribution in [2.45, 2.75) is 44.4 Å². The molecule has 0 saturated carbocycles. The van der Waals surface area contributed by atoms with Gasteiger partial charge in [-0.2, -0.15) is 0 Å². The second kappa shape index (κ2) is 10.1. The number of pyridine rings is 1. The molecule has 1 aromatic carbocycles. The minimum Gasteiger partial charge on any atom is -0.494 e. The van der Waals surface area contributed by atoms with Crippen molar-refractivity contribution >= 4 is 23.1 Å². The zero-order valence-corrected chi connectivity index (χ0v) is 18.8. The zero-order chi connectivity index (χ0) is 22.5. The van der Waals surface area contributed by atoms with Gasteiger partial charge in [-0.05, 0) is 61.4 Å². The van der Waals surface area contributed by atoms with E-state index in [1.54, 1.807) is 12.3 Å². The quantitative estimate of drug-likeness (QED) is 0.481. The number of anilines is 1. The number of carbonyl (C=O) groups is 1. The van der Waals surface area contributed by atoms with E-state index in [2.05, 4.69) is 22.4 Å². The summed E-state index contributed by atoms with van der Waals surface area (Å²) in [5, 5.41) is 13.4. The molecule has 1 aliphatic heterocycles. The molecule has 0 amide bonds. The lowest BCUT2D eigenvalue weighted by Gasteiger charge is -2.17. The molecule has 0 radical (unpaired) electrons. The van der Waals surface area contributed by atoms with Gasteiger partial charge in [0.2, 0.25) is 0 Å². The second-order valence-electron chi connectivity index (χ2n) is 7.90. The lowest BCUT2D eigenvalue weighted by molar-refractivity contribution is -0.137. The van der Waals surface area contributed by atoms with E-state index < -0.39 is 17.7 Å². The fourth-order valence-corrected chi connectivity index (χ4v) is 5.06. The largest absolute Gasteiger partial charge is 0.494 e. The summed E-state index contributed by atoms with van der Waals surface area (Å²) in [7, 11) is 1.40. The van der Waals surface area contributed by atoms with E-state index >= 15 is 0 Å². The van der Waals surface area contributed by atoms with Crippen LogP contribution in [0, 0.1) is 5.82 Å². The van der Waals surface area contributed by atoms with Crippen molar-refractivity contribution in [3.05, 3.63) is 69.1 Å². The maximum atomic E-state index is 14.2. The fourth-order valence-electron chi connectivity index (χ4n) is 3.97. The molecule has 0 bridgehead atoms. The Morgan fingerprint density at radius 1 is 1.31 bits per heavy atom. The molecule has 0 unspecified atom stereocenters. The third-order valence-electron chi connectivity index (χ3n) is 5.63. The normalized spacial score (nSPS) is 13.8. The summed E-state index contributed by atoms with van der Waals surface area (Å²) >= 11 is 1.49. The van der Waals surface area contributed by atoms with Crippen LogP contribution in [0.15, 0.2) is 36.5 Å². The topological polar surface area (TPSA) is 84.3 Å². The molecule has 3 heterocycles. The lowest BCUT2D eigenvalue weighted by Crippen LogP contribution is -2.14. The maximum Gasteiger partial charge on any atom is 0.304 e. The SMILES string of the molecule is COc1ccc([C@H](CC(=O)O)c2ncc(CCCc3ccc4c(n3)NCCC4)s2)cc1F. The van der Waals surface area contributed by atoms with Crippen LogP contribution in [0.25, 0.3) is 0 Å². The molecule has 2 N–H and O–H groups in total. The van der Waals surface area contributed by atoms with Gasteiger partial charge in [0, 0.05) is 29.2 Å². The van der Waals surface area contributed by atoms with Gasteiger partial charge in [-0.15, -0.1) is 11.3 Å². The second-order valence-corrected chi connectivity index (χ2v) is 9.05. The van der Waals surface area contributed by atoms with E-state index in [-0.39, 0.29) is 12.2 Å². The van der Waals surface area contributed by atoms with Crippen LogP contribution in [-0.4, -0.2) is 34.7 Å². The predicted octanol–water partition coefficient (Wildman–Crippen LogP) is 4.83. The van der Waals surface area contributed by atoms with E-state index in [0.29, 0.717) is 10.6 Å². The number of nitrogens with zero attached hydrogens (tertiary/aromatic N) is 2. The van der Waals surface area contributed by atoms with Crippen LogP contribution >= 0.6 is 11.3 Å². The number of aliphatic carboxylic acids is 1. The Labute approximate surface area is 190 Å². The van der Waals surface area contributed by atoms with Crippen molar-refractivity contribution in [3.63, 3.8) is 0 Å². The summed E-state index contributed by atoms with van der Waals surface area (Å²) in [6.07, 6.45) is 6.50. The van der Waals surface area contributed by atoms with E-state index in [1.165, 1.54) is 36.1 Å².